The van der Waals surface area contributed by atoms with Crippen LogP contribution in [0.3, 0.4) is 0 Å². The lowest BCUT2D eigenvalue weighted by Crippen LogP contribution is -2.17. The van der Waals surface area contributed by atoms with E-state index in [0.717, 1.165) is 18.6 Å². The lowest BCUT2D eigenvalue weighted by atomic mass is 10.00. The Bertz CT molecular complexity index is 539. The van der Waals surface area contributed by atoms with Crippen LogP contribution in [0.15, 0.2) is 30.7 Å². The molecule has 82 valence electrons. The number of hydrogen-bond donors (Lipinski definition) is 1. The first-order valence-electron chi connectivity index (χ1n) is 5.68. The molecule has 1 aliphatic heterocycles. The van der Waals surface area contributed by atoms with Crippen molar-refractivity contribution in [3.05, 3.63) is 36.3 Å². The van der Waals surface area contributed by atoms with Crippen LogP contribution in [0.4, 0.5) is 0 Å². The Kier molecular flexibility index (Phi) is 2.17. The van der Waals surface area contributed by atoms with Crippen molar-refractivity contribution >= 4 is 16.6 Å². The Morgan fingerprint density at radius 2 is 2.38 bits per heavy atom. The first-order chi connectivity index (χ1) is 7.84. The minimum Gasteiger partial charge on any atom is -0.380 e. The summed E-state index contributed by atoms with van der Waals surface area (Å²) in [5.41, 5.74) is 3.69. The zero-order chi connectivity index (χ0) is 11.0. The molecule has 0 fully saturated rings. The summed E-state index contributed by atoms with van der Waals surface area (Å²) in [7, 11) is 2.13. The average molecular weight is 213 g/mol. The highest BCUT2D eigenvalue weighted by Crippen LogP contribution is 2.29. The van der Waals surface area contributed by atoms with Gasteiger partial charge in [0.2, 0.25) is 0 Å². The lowest BCUT2D eigenvalue weighted by molar-refractivity contribution is 0.431. The van der Waals surface area contributed by atoms with E-state index in [-0.39, 0.29) is 0 Å². The predicted octanol–water partition coefficient (Wildman–Crippen LogP) is 2.63. The third-order valence-electron chi connectivity index (χ3n) is 3.13. The molecule has 0 saturated heterocycles. The number of hydrogen-bond acceptors (Lipinski definition) is 2. The van der Waals surface area contributed by atoms with E-state index in [4.69, 9.17) is 0 Å². The van der Waals surface area contributed by atoms with E-state index in [1.165, 1.54) is 22.9 Å². The van der Waals surface area contributed by atoms with Crippen molar-refractivity contribution in [3.8, 4) is 0 Å². The maximum atomic E-state index is 4.32. The van der Waals surface area contributed by atoms with Crippen LogP contribution in [0.5, 0.6) is 0 Å². The van der Waals surface area contributed by atoms with Crippen molar-refractivity contribution in [1.29, 1.82) is 0 Å². The fourth-order valence-corrected chi connectivity index (χ4v) is 2.34. The van der Waals surface area contributed by atoms with Gasteiger partial charge in [0.1, 0.15) is 5.65 Å². The van der Waals surface area contributed by atoms with E-state index in [1.54, 1.807) is 0 Å². The maximum Gasteiger partial charge on any atom is 0.137 e. The quantitative estimate of drug-likeness (QED) is 0.789. The molecule has 1 aliphatic rings. The second-order valence-corrected chi connectivity index (χ2v) is 4.34. The molecule has 2 aromatic rings. The number of H-pyrrole nitrogens is 1. The molecule has 0 atom stereocenters. The Balaban J connectivity index is 2.12. The smallest absolute Gasteiger partial charge is 0.137 e. The molecule has 0 bridgehead atoms. The van der Waals surface area contributed by atoms with Gasteiger partial charge in [-0.05, 0) is 30.5 Å². The van der Waals surface area contributed by atoms with E-state index < -0.39 is 0 Å². The summed E-state index contributed by atoms with van der Waals surface area (Å²) < 4.78 is 0. The number of nitrogens with one attached hydrogen (secondary N) is 1. The molecular formula is C13H15N3. The SMILES string of the molecule is CN1C=C(c2c[nH]c3ncccc23)CCC1. The second-order valence-electron chi connectivity index (χ2n) is 4.34. The largest absolute Gasteiger partial charge is 0.380 e. The number of allylic oxidation sites excluding steroid dienone is 1. The molecule has 3 heterocycles. The third-order valence-corrected chi connectivity index (χ3v) is 3.13. The zero-order valence-corrected chi connectivity index (χ0v) is 9.40. The minimum atomic E-state index is 0.978. The molecule has 0 aliphatic carbocycles. The number of rotatable bonds is 1. The van der Waals surface area contributed by atoms with Gasteiger partial charge in [-0.3, -0.25) is 0 Å². The van der Waals surface area contributed by atoms with Crippen molar-refractivity contribution in [1.82, 2.24) is 14.9 Å². The molecule has 0 aromatic carbocycles. The highest BCUT2D eigenvalue weighted by atomic mass is 15.1. The van der Waals surface area contributed by atoms with Crippen molar-refractivity contribution in [2.75, 3.05) is 13.6 Å². The Hall–Kier alpha value is -1.77. The summed E-state index contributed by atoms with van der Waals surface area (Å²) in [6.07, 6.45) is 8.53. The molecule has 0 saturated carbocycles. The first-order valence-corrected chi connectivity index (χ1v) is 5.68. The Morgan fingerprint density at radius 1 is 1.44 bits per heavy atom. The number of fused-ring (bicyclic) bond motifs is 1. The molecule has 3 rings (SSSR count). The van der Waals surface area contributed by atoms with Crippen molar-refractivity contribution in [3.63, 3.8) is 0 Å². The van der Waals surface area contributed by atoms with E-state index in [2.05, 4.69) is 40.4 Å². The van der Waals surface area contributed by atoms with E-state index in [0.29, 0.717) is 0 Å². The second kappa shape index (κ2) is 3.67. The Labute approximate surface area is 94.8 Å². The minimum absolute atomic E-state index is 0.978. The van der Waals surface area contributed by atoms with Crippen LogP contribution >= 0.6 is 0 Å². The molecular weight excluding hydrogens is 198 g/mol. The summed E-state index contributed by atoms with van der Waals surface area (Å²) >= 11 is 0. The highest BCUT2D eigenvalue weighted by molar-refractivity contribution is 5.90. The van der Waals surface area contributed by atoms with Gasteiger partial charge >= 0.3 is 0 Å². The highest BCUT2D eigenvalue weighted by Gasteiger charge is 2.12. The number of aromatic nitrogens is 2. The fourth-order valence-electron chi connectivity index (χ4n) is 2.34. The van der Waals surface area contributed by atoms with Crippen LogP contribution in [0, 0.1) is 0 Å². The molecule has 1 N–H and O–H groups in total. The standard InChI is InChI=1S/C13H15N3/c1-16-7-3-4-10(9-16)12-8-15-13-11(12)5-2-6-14-13/h2,5-6,8-9H,3-4,7H2,1H3,(H,14,15). The van der Waals surface area contributed by atoms with Crippen LogP contribution in [0.25, 0.3) is 16.6 Å². The van der Waals surface area contributed by atoms with Crippen LogP contribution < -0.4 is 0 Å². The summed E-state index contributed by atoms with van der Waals surface area (Å²) in [4.78, 5) is 9.81. The van der Waals surface area contributed by atoms with E-state index in [1.807, 2.05) is 12.3 Å². The lowest BCUT2D eigenvalue weighted by Gasteiger charge is -2.22. The Morgan fingerprint density at radius 3 is 3.25 bits per heavy atom. The van der Waals surface area contributed by atoms with Gasteiger partial charge in [0.05, 0.1) is 0 Å². The van der Waals surface area contributed by atoms with E-state index >= 15 is 0 Å². The number of aromatic amines is 1. The molecule has 3 heteroatoms. The van der Waals surface area contributed by atoms with Crippen molar-refractivity contribution in [2.45, 2.75) is 12.8 Å². The van der Waals surface area contributed by atoms with Gasteiger partial charge in [-0.1, -0.05) is 0 Å². The molecule has 2 aromatic heterocycles. The van der Waals surface area contributed by atoms with Crippen LogP contribution in [0.2, 0.25) is 0 Å². The van der Waals surface area contributed by atoms with Gasteiger partial charge < -0.3 is 9.88 Å². The zero-order valence-electron chi connectivity index (χ0n) is 9.40. The first kappa shape index (κ1) is 9.46. The molecule has 0 spiro atoms. The van der Waals surface area contributed by atoms with Gasteiger partial charge in [0, 0.05) is 43.1 Å². The monoisotopic (exact) mass is 213 g/mol. The van der Waals surface area contributed by atoms with Crippen LogP contribution in [-0.4, -0.2) is 28.5 Å². The molecule has 3 nitrogen and oxygen atoms in total. The van der Waals surface area contributed by atoms with Gasteiger partial charge in [0.25, 0.3) is 0 Å². The average Bonchev–Trinajstić information content (AvgIpc) is 2.72. The normalized spacial score (nSPS) is 16.6. The molecule has 0 unspecified atom stereocenters. The van der Waals surface area contributed by atoms with Gasteiger partial charge in [0.15, 0.2) is 0 Å². The number of nitrogens with zero attached hydrogens (tertiary/aromatic N) is 2. The summed E-state index contributed by atoms with van der Waals surface area (Å²) in [6.45, 7) is 1.16. The molecule has 16 heavy (non-hydrogen) atoms. The third kappa shape index (κ3) is 1.48. The van der Waals surface area contributed by atoms with Crippen LogP contribution in [-0.2, 0) is 0 Å². The van der Waals surface area contributed by atoms with Crippen molar-refractivity contribution < 1.29 is 0 Å². The van der Waals surface area contributed by atoms with Crippen LogP contribution in [0.1, 0.15) is 18.4 Å². The van der Waals surface area contributed by atoms with Gasteiger partial charge in [-0.25, -0.2) is 4.98 Å². The summed E-state index contributed by atoms with van der Waals surface area (Å²) in [5, 5.41) is 1.23. The molecule has 0 radical (unpaired) electrons. The summed E-state index contributed by atoms with van der Waals surface area (Å²) in [6, 6.07) is 4.12. The van der Waals surface area contributed by atoms with Gasteiger partial charge in [-0.15, -0.1) is 0 Å². The maximum absolute atomic E-state index is 4.32. The summed E-state index contributed by atoms with van der Waals surface area (Å²) in [5.74, 6) is 0. The fraction of sp³-hybridized carbons (Fsp3) is 0.308. The van der Waals surface area contributed by atoms with Crippen molar-refractivity contribution in [2.24, 2.45) is 0 Å². The molecule has 0 amide bonds. The van der Waals surface area contributed by atoms with Gasteiger partial charge in [-0.2, -0.15) is 0 Å². The van der Waals surface area contributed by atoms with E-state index in [9.17, 15) is 0 Å². The number of pyridine rings is 1. The topological polar surface area (TPSA) is 31.9 Å². The predicted molar refractivity (Wildman–Crippen MR) is 65.9 cm³/mol.